The maximum atomic E-state index is 13.1. The summed E-state index contributed by atoms with van der Waals surface area (Å²) in [7, 11) is -0.656. The average Bonchev–Trinajstić information content (AvgIpc) is 3.34. The molecule has 0 bridgehead atoms. The fourth-order valence-corrected chi connectivity index (χ4v) is 12.0. The van der Waals surface area contributed by atoms with E-state index in [1.807, 2.05) is 19.9 Å². The Bertz CT molecular complexity index is 1520. The van der Waals surface area contributed by atoms with E-state index in [0.29, 0.717) is 23.5 Å². The zero-order valence-corrected chi connectivity index (χ0v) is 29.8. The molecule has 4 saturated heterocycles. The highest BCUT2D eigenvalue weighted by Gasteiger charge is 2.68. The average molecular weight is 729 g/mol. The Labute approximate surface area is 286 Å². The number of nitrogens with one attached hydrogen (secondary N) is 1. The quantitative estimate of drug-likeness (QED) is 0.122. The first-order valence-electron chi connectivity index (χ1n) is 15.3. The minimum Gasteiger partial charge on any atom is -0.464 e. The lowest BCUT2D eigenvalue weighted by Crippen LogP contribution is -2.65. The van der Waals surface area contributed by atoms with Crippen LogP contribution in [-0.4, -0.2) is 111 Å². The molecule has 0 aromatic heterocycles. The summed E-state index contributed by atoms with van der Waals surface area (Å²) in [4.78, 5) is 66.1. The van der Waals surface area contributed by atoms with E-state index in [9.17, 15) is 32.4 Å². The van der Waals surface area contributed by atoms with Gasteiger partial charge in [0.05, 0.1) is 29.1 Å². The number of nitrogens with zero attached hydrogens (tertiary/aromatic N) is 2. The number of ether oxygens (including phenoxy) is 2. The smallest absolute Gasteiger partial charge is 0.330 e. The molecule has 1 aromatic rings. The Morgan fingerprint density at radius 2 is 1.64 bits per heavy atom. The van der Waals surface area contributed by atoms with Gasteiger partial charge in [-0.2, -0.15) is 0 Å². The van der Waals surface area contributed by atoms with Gasteiger partial charge in [-0.25, -0.2) is 18.0 Å². The molecule has 17 heteroatoms. The number of sulfone groups is 1. The number of β-lactam (4-membered cyclic amide) rings is 2. The Hall–Kier alpha value is -2.47. The molecule has 4 fully saturated rings. The van der Waals surface area contributed by atoms with Crippen LogP contribution in [0.1, 0.15) is 52.1 Å². The Balaban J connectivity index is 0.974. The van der Waals surface area contributed by atoms with Crippen LogP contribution < -0.4 is 11.1 Å². The summed E-state index contributed by atoms with van der Waals surface area (Å²) in [5, 5.41) is 1.59. The first kappa shape index (κ1) is 35.8. The van der Waals surface area contributed by atoms with Crippen LogP contribution >= 0.6 is 33.3 Å². The molecule has 1 aromatic carbocycles. The molecule has 6 atom stereocenters. The van der Waals surface area contributed by atoms with Crippen molar-refractivity contribution in [3.8, 4) is 0 Å². The van der Waals surface area contributed by atoms with Gasteiger partial charge in [0.25, 0.3) is 0 Å². The van der Waals surface area contributed by atoms with Crippen molar-refractivity contribution < 1.29 is 41.9 Å². The minimum atomic E-state index is -3.66. The number of thioether (sulfide) groups is 1. The molecule has 47 heavy (non-hydrogen) atoms. The second kappa shape index (κ2) is 13.8. The third-order valence-corrected chi connectivity index (χ3v) is 15.9. The number of benzene rings is 1. The minimum absolute atomic E-state index is 0.0880. The molecule has 258 valence electrons. The first-order chi connectivity index (χ1) is 22.1. The standard InChI is InChI=1S/C30H40N4O9S4/c1-29(2)22(34-25(37)18(26(34)46-29)16-32-24(36)21(31)17-9-6-5-7-10-17)27(38)43-12-14-45-44-13-8-11-42-28(39)23-30(3,4)47(40,41)20-15-19(35)33(20)23/h5-7,9-10,18,20-23,26H,8,11-16,31H2,1-4H3,(H,32,36)/t18-,20-,21?,22?,23+,26-/m1/s1. The first-order valence-corrected chi connectivity index (χ1v) is 20.2. The van der Waals surface area contributed by atoms with Gasteiger partial charge in [0.1, 0.15) is 30.1 Å². The Morgan fingerprint density at radius 3 is 2.32 bits per heavy atom. The van der Waals surface area contributed by atoms with Crippen molar-refractivity contribution in [3.63, 3.8) is 0 Å². The highest BCUT2D eigenvalue weighted by atomic mass is 33.1. The summed E-state index contributed by atoms with van der Waals surface area (Å²) in [5.41, 5.74) is 6.75. The summed E-state index contributed by atoms with van der Waals surface area (Å²) in [6.45, 7) is 7.09. The summed E-state index contributed by atoms with van der Waals surface area (Å²) >= 11 is 1.52. The molecule has 4 heterocycles. The molecule has 0 radical (unpaired) electrons. The zero-order valence-electron chi connectivity index (χ0n) is 26.6. The zero-order chi connectivity index (χ0) is 34.3. The topological polar surface area (TPSA) is 182 Å². The summed E-state index contributed by atoms with van der Waals surface area (Å²) in [5.74, 6) is -1.43. The molecule has 0 saturated carbocycles. The fraction of sp³-hybridized carbons (Fsp3) is 0.633. The number of nitrogens with two attached hydrogens (primary N) is 1. The van der Waals surface area contributed by atoms with E-state index in [-0.39, 0.29) is 49.3 Å². The van der Waals surface area contributed by atoms with E-state index in [4.69, 9.17) is 15.2 Å². The monoisotopic (exact) mass is 728 g/mol. The van der Waals surface area contributed by atoms with Crippen LogP contribution in [-0.2, 0) is 43.3 Å². The van der Waals surface area contributed by atoms with Gasteiger partial charge < -0.3 is 30.3 Å². The van der Waals surface area contributed by atoms with Crippen molar-refractivity contribution in [2.24, 2.45) is 11.7 Å². The lowest BCUT2D eigenvalue weighted by Gasteiger charge is -2.44. The molecule has 4 aliphatic heterocycles. The van der Waals surface area contributed by atoms with Crippen LogP contribution in [0.3, 0.4) is 0 Å². The largest absolute Gasteiger partial charge is 0.464 e. The second-order valence-electron chi connectivity index (χ2n) is 12.8. The molecule has 2 unspecified atom stereocenters. The molecule has 4 aliphatic rings. The van der Waals surface area contributed by atoms with Gasteiger partial charge in [-0.15, -0.1) is 11.8 Å². The molecular weight excluding hydrogens is 689 g/mol. The van der Waals surface area contributed by atoms with Crippen LogP contribution in [0.15, 0.2) is 30.3 Å². The molecular formula is C30H40N4O9S4. The summed E-state index contributed by atoms with van der Waals surface area (Å²) in [6, 6.07) is 6.26. The van der Waals surface area contributed by atoms with Crippen LogP contribution in [0, 0.1) is 5.92 Å². The summed E-state index contributed by atoms with van der Waals surface area (Å²) in [6.07, 6.45) is 0.423. The van der Waals surface area contributed by atoms with Crippen molar-refractivity contribution in [3.05, 3.63) is 35.9 Å². The van der Waals surface area contributed by atoms with Crippen molar-refractivity contribution in [1.29, 1.82) is 0 Å². The van der Waals surface area contributed by atoms with E-state index < -0.39 is 60.7 Å². The van der Waals surface area contributed by atoms with Gasteiger partial charge in [0.2, 0.25) is 17.7 Å². The van der Waals surface area contributed by atoms with Crippen LogP contribution in [0.4, 0.5) is 0 Å². The highest BCUT2D eigenvalue weighted by molar-refractivity contribution is 8.76. The number of amides is 3. The van der Waals surface area contributed by atoms with Crippen molar-refractivity contribution >= 4 is 72.8 Å². The summed E-state index contributed by atoms with van der Waals surface area (Å²) < 4.78 is 34.3. The Morgan fingerprint density at radius 1 is 1.00 bits per heavy atom. The third-order valence-electron chi connectivity index (χ3n) is 9.02. The van der Waals surface area contributed by atoms with Gasteiger partial charge in [-0.1, -0.05) is 51.9 Å². The SMILES string of the molecule is CC1(C)S[C@@H]2[C@H](CNC(=O)C(N)c3ccccc3)C(=O)N2C1C(=O)OCCSSCCCOC(=O)[C@@H]1N2C(=O)C[C@H]2S(=O)(=O)C1(C)C. The molecule has 13 nitrogen and oxygen atoms in total. The van der Waals surface area contributed by atoms with Gasteiger partial charge in [-0.3, -0.25) is 14.4 Å². The number of rotatable bonds is 14. The maximum absolute atomic E-state index is 13.1. The third kappa shape index (κ3) is 6.62. The van der Waals surface area contributed by atoms with E-state index >= 15 is 0 Å². The highest BCUT2D eigenvalue weighted by Crippen LogP contribution is 2.53. The number of esters is 2. The van der Waals surface area contributed by atoms with E-state index in [1.165, 1.54) is 47.2 Å². The van der Waals surface area contributed by atoms with Gasteiger partial charge >= 0.3 is 11.9 Å². The van der Waals surface area contributed by atoms with Gasteiger partial charge in [-0.05, 0) is 39.7 Å². The van der Waals surface area contributed by atoms with Crippen molar-refractivity contribution in [2.45, 2.75) is 78.9 Å². The van der Waals surface area contributed by atoms with E-state index in [2.05, 4.69) is 5.32 Å². The van der Waals surface area contributed by atoms with Crippen LogP contribution in [0.5, 0.6) is 0 Å². The lowest BCUT2D eigenvalue weighted by molar-refractivity contribution is -0.166. The number of fused-ring (bicyclic) bond motifs is 2. The van der Waals surface area contributed by atoms with Gasteiger partial charge in [0, 0.05) is 22.8 Å². The Kier molecular flexibility index (Phi) is 10.5. The molecule has 0 aliphatic carbocycles. The number of hydrogen-bond acceptors (Lipinski definition) is 13. The lowest BCUT2D eigenvalue weighted by atomic mass is 9.91. The van der Waals surface area contributed by atoms with Crippen LogP contribution in [0.2, 0.25) is 0 Å². The molecule has 0 spiro atoms. The number of carbonyl (C=O) groups is 5. The predicted octanol–water partition coefficient (Wildman–Crippen LogP) is 1.47. The van der Waals surface area contributed by atoms with Crippen molar-refractivity contribution in [1.82, 2.24) is 15.1 Å². The number of carbonyl (C=O) groups excluding carboxylic acids is 5. The molecule has 3 N–H and O–H groups in total. The fourth-order valence-electron chi connectivity index (χ4n) is 6.34. The number of hydrogen-bond donors (Lipinski definition) is 2. The molecule has 3 amide bonds. The molecule has 5 rings (SSSR count). The van der Waals surface area contributed by atoms with E-state index in [1.54, 1.807) is 29.2 Å². The normalized spacial score (nSPS) is 28.4. The van der Waals surface area contributed by atoms with Crippen LogP contribution in [0.25, 0.3) is 0 Å². The van der Waals surface area contributed by atoms with E-state index in [0.717, 1.165) is 4.90 Å². The van der Waals surface area contributed by atoms with Gasteiger partial charge in [0.15, 0.2) is 9.84 Å². The van der Waals surface area contributed by atoms with Crippen molar-refractivity contribution in [2.75, 3.05) is 31.3 Å². The second-order valence-corrected chi connectivity index (χ2v) is 20.0. The predicted molar refractivity (Wildman–Crippen MR) is 179 cm³/mol. The maximum Gasteiger partial charge on any atom is 0.330 e.